The first-order valence-corrected chi connectivity index (χ1v) is 5.26. The second kappa shape index (κ2) is 4.01. The minimum absolute atomic E-state index is 0.252. The zero-order valence-corrected chi connectivity index (χ0v) is 9.08. The van der Waals surface area contributed by atoms with Crippen LogP contribution in [0.3, 0.4) is 0 Å². The van der Waals surface area contributed by atoms with E-state index in [4.69, 9.17) is 0 Å². The summed E-state index contributed by atoms with van der Waals surface area (Å²) >= 11 is 0.561. The molecule has 0 saturated heterocycles. The summed E-state index contributed by atoms with van der Waals surface area (Å²) in [5, 5.41) is 0.461. The van der Waals surface area contributed by atoms with Gasteiger partial charge in [0.15, 0.2) is 16.5 Å². The highest BCUT2D eigenvalue weighted by molar-refractivity contribution is 7.13. The summed E-state index contributed by atoms with van der Waals surface area (Å²) in [4.78, 5) is 3.18. The van der Waals surface area contributed by atoms with E-state index in [1.54, 1.807) is 0 Å². The number of hydrogen-bond acceptors (Lipinski definition) is 3. The molecule has 2 nitrogen and oxygen atoms in total. The summed E-state index contributed by atoms with van der Waals surface area (Å²) in [6.45, 7) is 0. The van der Waals surface area contributed by atoms with Crippen molar-refractivity contribution in [2.45, 2.75) is 12.4 Å². The van der Waals surface area contributed by atoms with Gasteiger partial charge in [-0.3, -0.25) is 0 Å². The predicted molar refractivity (Wildman–Crippen MR) is 49.8 cm³/mol. The lowest BCUT2D eigenvalue weighted by molar-refractivity contribution is -0.152. The van der Waals surface area contributed by atoms with Crippen LogP contribution in [-0.4, -0.2) is 4.98 Å². The van der Waals surface area contributed by atoms with Crippen molar-refractivity contribution in [2.24, 2.45) is 0 Å². The predicted octanol–water partition coefficient (Wildman–Crippen LogP) is 4.44. The summed E-state index contributed by atoms with van der Waals surface area (Å²) in [5.74, 6) is -1.62. The highest BCUT2D eigenvalue weighted by atomic mass is 32.1. The molecule has 0 radical (unpaired) electrons. The van der Waals surface area contributed by atoms with Gasteiger partial charge in [0.25, 0.3) is 0 Å². The monoisotopic (exact) mass is 287 g/mol. The molecule has 2 aromatic rings. The van der Waals surface area contributed by atoms with Crippen LogP contribution in [-0.2, 0) is 12.4 Å². The maximum Gasteiger partial charge on any atom is 0.449 e. The molecule has 0 fully saturated rings. The van der Waals surface area contributed by atoms with E-state index in [1.807, 2.05) is 0 Å². The average Bonchev–Trinajstić information content (AvgIpc) is 2.84. The van der Waals surface area contributed by atoms with Crippen LogP contribution in [0, 0.1) is 0 Å². The second-order valence-electron chi connectivity index (χ2n) is 3.20. The Morgan fingerprint density at radius 1 is 1.00 bits per heavy atom. The SMILES string of the molecule is FC(F)(F)c1csc(-c2ccc(C(F)(F)F)o2)n1. The Balaban J connectivity index is 2.33. The number of aromatic nitrogens is 1. The first kappa shape index (κ1) is 12.9. The normalized spacial score (nSPS) is 13.0. The minimum Gasteiger partial charge on any atom is -0.449 e. The molecule has 0 spiro atoms. The van der Waals surface area contributed by atoms with Crippen molar-refractivity contribution >= 4 is 11.3 Å². The maximum atomic E-state index is 12.2. The van der Waals surface area contributed by atoms with Crippen LogP contribution in [0.15, 0.2) is 21.9 Å². The molecule has 9 heteroatoms. The van der Waals surface area contributed by atoms with E-state index < -0.39 is 23.8 Å². The third-order valence-electron chi connectivity index (χ3n) is 1.89. The van der Waals surface area contributed by atoms with Gasteiger partial charge in [-0.25, -0.2) is 4.98 Å². The molecule has 0 aliphatic carbocycles. The summed E-state index contributed by atoms with van der Waals surface area (Å²) in [7, 11) is 0. The summed E-state index contributed by atoms with van der Waals surface area (Å²) in [6.07, 6.45) is -9.31. The van der Waals surface area contributed by atoms with Gasteiger partial charge in [0, 0.05) is 5.38 Å². The largest absolute Gasteiger partial charge is 0.449 e. The molecule has 0 amide bonds. The second-order valence-corrected chi connectivity index (χ2v) is 4.06. The fourth-order valence-electron chi connectivity index (χ4n) is 1.12. The molecule has 2 rings (SSSR count). The van der Waals surface area contributed by atoms with E-state index >= 15 is 0 Å². The third-order valence-corrected chi connectivity index (χ3v) is 2.75. The van der Waals surface area contributed by atoms with Crippen LogP contribution < -0.4 is 0 Å². The van der Waals surface area contributed by atoms with Crippen molar-refractivity contribution in [1.82, 2.24) is 4.98 Å². The first-order chi connectivity index (χ1) is 8.18. The van der Waals surface area contributed by atoms with Gasteiger partial charge < -0.3 is 4.42 Å². The van der Waals surface area contributed by atoms with E-state index in [0.717, 1.165) is 6.07 Å². The van der Waals surface area contributed by atoms with Crippen LogP contribution in [0.1, 0.15) is 11.5 Å². The highest BCUT2D eigenvalue weighted by Gasteiger charge is 2.36. The van der Waals surface area contributed by atoms with Crippen LogP contribution in [0.25, 0.3) is 10.8 Å². The van der Waals surface area contributed by atoms with Crippen LogP contribution in [0.4, 0.5) is 26.3 Å². The first-order valence-electron chi connectivity index (χ1n) is 4.38. The van der Waals surface area contributed by atoms with Crippen LogP contribution in [0.5, 0.6) is 0 Å². The molecule has 98 valence electrons. The minimum atomic E-state index is -4.68. The average molecular weight is 287 g/mol. The molecule has 0 N–H and O–H groups in total. The van der Waals surface area contributed by atoms with Gasteiger partial charge >= 0.3 is 12.4 Å². The van der Waals surface area contributed by atoms with E-state index in [9.17, 15) is 26.3 Å². The van der Waals surface area contributed by atoms with E-state index in [1.165, 1.54) is 0 Å². The number of alkyl halides is 6. The third kappa shape index (κ3) is 2.50. The molecule has 18 heavy (non-hydrogen) atoms. The fourth-order valence-corrected chi connectivity index (χ4v) is 1.91. The molecule has 0 unspecified atom stereocenters. The van der Waals surface area contributed by atoms with Crippen molar-refractivity contribution in [3.05, 3.63) is 29.0 Å². The number of nitrogens with zero attached hydrogens (tertiary/aromatic N) is 1. The maximum absolute atomic E-state index is 12.2. The molecular formula is C9H3F6NOS. The van der Waals surface area contributed by atoms with E-state index in [2.05, 4.69) is 9.40 Å². The molecule has 2 aromatic heterocycles. The Morgan fingerprint density at radius 3 is 2.11 bits per heavy atom. The van der Waals surface area contributed by atoms with Gasteiger partial charge in [0.2, 0.25) is 5.76 Å². The number of thiazole rings is 1. The van der Waals surface area contributed by atoms with Crippen molar-refractivity contribution in [1.29, 1.82) is 0 Å². The molecule has 0 bridgehead atoms. The van der Waals surface area contributed by atoms with Gasteiger partial charge in [-0.2, -0.15) is 26.3 Å². The fraction of sp³-hybridized carbons (Fsp3) is 0.222. The smallest absolute Gasteiger partial charge is 0.449 e. The Kier molecular flexibility index (Phi) is 2.88. The molecule has 2 heterocycles. The van der Waals surface area contributed by atoms with Gasteiger partial charge in [0.05, 0.1) is 0 Å². The summed E-state index contributed by atoms with van der Waals surface area (Å²) in [6, 6.07) is 1.58. The van der Waals surface area contributed by atoms with Crippen LogP contribution >= 0.6 is 11.3 Å². The Labute approximate surface area is 99.9 Å². The lowest BCUT2D eigenvalue weighted by Gasteiger charge is -2.00. The number of furan rings is 1. The molecule has 0 saturated carbocycles. The summed E-state index contributed by atoms with van der Waals surface area (Å²) in [5.41, 5.74) is -1.16. The zero-order valence-electron chi connectivity index (χ0n) is 8.26. The van der Waals surface area contributed by atoms with Gasteiger partial charge in [-0.15, -0.1) is 11.3 Å². The van der Waals surface area contributed by atoms with Crippen LogP contribution in [0.2, 0.25) is 0 Å². The van der Waals surface area contributed by atoms with Crippen molar-refractivity contribution < 1.29 is 30.8 Å². The van der Waals surface area contributed by atoms with Gasteiger partial charge in [-0.05, 0) is 12.1 Å². The van der Waals surface area contributed by atoms with Crippen molar-refractivity contribution in [3.8, 4) is 10.8 Å². The number of halogens is 6. The molecular weight excluding hydrogens is 284 g/mol. The Bertz CT molecular complexity index is 502. The van der Waals surface area contributed by atoms with Gasteiger partial charge in [0.1, 0.15) is 0 Å². The Hall–Kier alpha value is -1.51. The van der Waals surface area contributed by atoms with E-state index in [0.29, 0.717) is 22.8 Å². The lowest BCUT2D eigenvalue weighted by Crippen LogP contribution is -2.04. The molecule has 0 aromatic carbocycles. The zero-order chi connectivity index (χ0) is 13.6. The quantitative estimate of drug-likeness (QED) is 0.725. The molecule has 0 atom stereocenters. The standard InChI is InChI=1S/C9H3F6NOS/c10-8(11,12)5-3-18-7(16-5)4-1-2-6(17-4)9(13,14)15/h1-3H. The van der Waals surface area contributed by atoms with Gasteiger partial charge in [-0.1, -0.05) is 0 Å². The van der Waals surface area contributed by atoms with E-state index in [-0.39, 0.29) is 10.8 Å². The lowest BCUT2D eigenvalue weighted by atomic mass is 10.4. The van der Waals surface area contributed by atoms with Crippen molar-refractivity contribution in [2.75, 3.05) is 0 Å². The molecule has 0 aliphatic rings. The number of rotatable bonds is 1. The Morgan fingerprint density at radius 2 is 1.67 bits per heavy atom. The topological polar surface area (TPSA) is 26.0 Å². The molecule has 0 aliphatic heterocycles. The highest BCUT2D eigenvalue weighted by Crippen LogP contribution is 2.37. The van der Waals surface area contributed by atoms with Crippen molar-refractivity contribution in [3.63, 3.8) is 0 Å². The number of hydrogen-bond donors (Lipinski definition) is 0. The summed E-state index contributed by atoms with van der Waals surface area (Å²) < 4.78 is 77.8.